The number of rotatable bonds is 5. The highest BCUT2D eigenvalue weighted by Gasteiger charge is 2.30. The van der Waals surface area contributed by atoms with E-state index in [0.29, 0.717) is 5.69 Å². The van der Waals surface area contributed by atoms with Gasteiger partial charge in [0.1, 0.15) is 11.8 Å². The number of aromatic nitrogens is 1. The minimum absolute atomic E-state index is 0.0589. The van der Waals surface area contributed by atoms with Crippen LogP contribution in [0, 0.1) is 16.7 Å². The molecular formula is C15H21N3O. The number of nitrogens with one attached hydrogen (secondary N) is 1. The predicted molar refractivity (Wildman–Crippen MR) is 73.3 cm³/mol. The molecule has 0 aliphatic heterocycles. The summed E-state index contributed by atoms with van der Waals surface area (Å²) in [5, 5.41) is 21.8. The second kappa shape index (κ2) is 6.65. The van der Waals surface area contributed by atoms with Gasteiger partial charge in [-0.2, -0.15) is 5.26 Å². The Balaban J connectivity index is 1.86. The van der Waals surface area contributed by atoms with Crippen LogP contribution in [0.3, 0.4) is 0 Å². The number of pyridine rings is 1. The van der Waals surface area contributed by atoms with Gasteiger partial charge in [0.2, 0.25) is 0 Å². The molecule has 0 amide bonds. The minimum atomic E-state index is 0.0589. The quantitative estimate of drug-likeness (QED) is 0.848. The van der Waals surface area contributed by atoms with Crippen molar-refractivity contribution in [1.82, 2.24) is 10.3 Å². The Morgan fingerprint density at radius 1 is 1.37 bits per heavy atom. The molecule has 2 rings (SSSR count). The van der Waals surface area contributed by atoms with Crippen molar-refractivity contribution in [3.05, 3.63) is 29.6 Å². The van der Waals surface area contributed by atoms with E-state index in [1.807, 2.05) is 12.1 Å². The van der Waals surface area contributed by atoms with Gasteiger partial charge in [-0.1, -0.05) is 19.3 Å². The fourth-order valence-electron chi connectivity index (χ4n) is 2.81. The molecule has 1 heterocycles. The molecule has 4 heteroatoms. The average Bonchev–Trinajstić information content (AvgIpc) is 2.48. The van der Waals surface area contributed by atoms with E-state index in [4.69, 9.17) is 5.26 Å². The molecule has 1 fully saturated rings. The van der Waals surface area contributed by atoms with Crippen molar-refractivity contribution < 1.29 is 5.11 Å². The lowest BCUT2D eigenvalue weighted by Crippen LogP contribution is -2.38. The Kier molecular flexibility index (Phi) is 4.89. The lowest BCUT2D eigenvalue weighted by atomic mass is 9.74. The monoisotopic (exact) mass is 259 g/mol. The lowest BCUT2D eigenvalue weighted by molar-refractivity contribution is 0.0810. The van der Waals surface area contributed by atoms with Crippen LogP contribution in [0.4, 0.5) is 0 Å². The first-order valence-corrected chi connectivity index (χ1v) is 6.95. The van der Waals surface area contributed by atoms with Crippen LogP contribution < -0.4 is 5.32 Å². The maximum atomic E-state index is 9.63. The standard InChI is InChI=1S/C15H21N3O/c16-9-14-8-13(4-7-18-14)10-17-11-15(12-19)5-2-1-3-6-15/h4,7-8,17,19H,1-3,5-6,10-12H2. The van der Waals surface area contributed by atoms with Crippen molar-refractivity contribution in [1.29, 1.82) is 5.26 Å². The molecule has 0 unspecified atom stereocenters. The number of aliphatic hydroxyl groups excluding tert-OH is 1. The molecule has 1 aromatic rings. The normalized spacial score (nSPS) is 17.9. The van der Waals surface area contributed by atoms with E-state index in [1.54, 1.807) is 12.3 Å². The van der Waals surface area contributed by atoms with Crippen LogP contribution in [0.25, 0.3) is 0 Å². The molecular weight excluding hydrogens is 238 g/mol. The molecule has 19 heavy (non-hydrogen) atoms. The van der Waals surface area contributed by atoms with Crippen LogP contribution in [0.15, 0.2) is 18.3 Å². The molecule has 0 bridgehead atoms. The minimum Gasteiger partial charge on any atom is -0.396 e. The summed E-state index contributed by atoms with van der Waals surface area (Å²) >= 11 is 0. The smallest absolute Gasteiger partial charge is 0.140 e. The molecule has 1 saturated carbocycles. The third-order valence-corrected chi connectivity index (χ3v) is 4.02. The van der Waals surface area contributed by atoms with Gasteiger partial charge in [-0.15, -0.1) is 0 Å². The number of nitriles is 1. The van der Waals surface area contributed by atoms with Crippen LogP contribution in [-0.2, 0) is 6.54 Å². The highest BCUT2D eigenvalue weighted by molar-refractivity contribution is 5.25. The van der Waals surface area contributed by atoms with E-state index < -0.39 is 0 Å². The Bertz CT molecular complexity index is 447. The van der Waals surface area contributed by atoms with Crippen LogP contribution in [-0.4, -0.2) is 23.2 Å². The van der Waals surface area contributed by atoms with Gasteiger partial charge in [0.25, 0.3) is 0 Å². The summed E-state index contributed by atoms with van der Waals surface area (Å²) in [4.78, 5) is 3.96. The van der Waals surface area contributed by atoms with Crippen LogP contribution in [0.2, 0.25) is 0 Å². The number of hydrogen-bond donors (Lipinski definition) is 2. The zero-order chi connectivity index (χ0) is 13.6. The summed E-state index contributed by atoms with van der Waals surface area (Å²) in [7, 11) is 0. The molecule has 1 aliphatic carbocycles. The average molecular weight is 259 g/mol. The van der Waals surface area contributed by atoms with Crippen molar-refractivity contribution in [3.63, 3.8) is 0 Å². The largest absolute Gasteiger partial charge is 0.396 e. The van der Waals surface area contributed by atoms with Gasteiger partial charge < -0.3 is 10.4 Å². The summed E-state index contributed by atoms with van der Waals surface area (Å²) < 4.78 is 0. The first-order chi connectivity index (χ1) is 9.28. The van der Waals surface area contributed by atoms with E-state index >= 15 is 0 Å². The SMILES string of the molecule is N#Cc1cc(CNCC2(CO)CCCCC2)ccn1. The topological polar surface area (TPSA) is 68.9 Å². The molecule has 2 N–H and O–H groups in total. The predicted octanol–water partition coefficient (Wildman–Crippen LogP) is 1.99. The molecule has 0 radical (unpaired) electrons. The highest BCUT2D eigenvalue weighted by atomic mass is 16.3. The maximum Gasteiger partial charge on any atom is 0.140 e. The molecule has 0 saturated heterocycles. The Morgan fingerprint density at radius 2 is 2.16 bits per heavy atom. The fraction of sp³-hybridized carbons (Fsp3) is 0.600. The van der Waals surface area contributed by atoms with Gasteiger partial charge in [-0.05, 0) is 30.5 Å². The third kappa shape index (κ3) is 3.76. The van der Waals surface area contributed by atoms with E-state index in [0.717, 1.165) is 31.5 Å². The summed E-state index contributed by atoms with van der Waals surface area (Å²) in [5.41, 5.74) is 1.58. The summed E-state index contributed by atoms with van der Waals surface area (Å²) in [6, 6.07) is 5.77. The van der Waals surface area contributed by atoms with Crippen molar-refractivity contribution >= 4 is 0 Å². The van der Waals surface area contributed by atoms with Gasteiger partial charge >= 0.3 is 0 Å². The van der Waals surface area contributed by atoms with Crippen molar-refractivity contribution in [2.75, 3.05) is 13.2 Å². The molecule has 102 valence electrons. The zero-order valence-electron chi connectivity index (χ0n) is 11.2. The summed E-state index contributed by atoms with van der Waals surface area (Å²) in [5.74, 6) is 0. The van der Waals surface area contributed by atoms with Gasteiger partial charge in [-0.3, -0.25) is 0 Å². The Morgan fingerprint density at radius 3 is 2.84 bits per heavy atom. The molecule has 0 aromatic carbocycles. The van der Waals surface area contributed by atoms with E-state index in [2.05, 4.69) is 10.3 Å². The highest BCUT2D eigenvalue weighted by Crippen LogP contribution is 2.35. The van der Waals surface area contributed by atoms with Crippen LogP contribution in [0.5, 0.6) is 0 Å². The van der Waals surface area contributed by atoms with Gasteiger partial charge in [-0.25, -0.2) is 4.98 Å². The summed E-state index contributed by atoms with van der Waals surface area (Å²) in [6.07, 6.45) is 7.61. The maximum absolute atomic E-state index is 9.63. The number of nitrogens with zero attached hydrogens (tertiary/aromatic N) is 2. The van der Waals surface area contributed by atoms with Gasteiger partial charge in [0.05, 0.1) is 0 Å². The van der Waals surface area contributed by atoms with Crippen molar-refractivity contribution in [2.45, 2.75) is 38.6 Å². The molecule has 1 aromatic heterocycles. The summed E-state index contributed by atoms with van der Waals surface area (Å²) in [6.45, 7) is 1.83. The van der Waals surface area contributed by atoms with Gasteiger partial charge in [0, 0.05) is 31.3 Å². The van der Waals surface area contributed by atoms with E-state index in [1.165, 1.54) is 19.3 Å². The molecule has 0 spiro atoms. The van der Waals surface area contributed by atoms with Crippen LogP contribution in [0.1, 0.15) is 43.4 Å². The molecule has 1 aliphatic rings. The number of aliphatic hydroxyl groups is 1. The lowest BCUT2D eigenvalue weighted by Gasteiger charge is -2.35. The first-order valence-electron chi connectivity index (χ1n) is 6.95. The van der Waals surface area contributed by atoms with Crippen molar-refractivity contribution in [2.24, 2.45) is 5.41 Å². The van der Waals surface area contributed by atoms with Gasteiger partial charge in [0.15, 0.2) is 0 Å². The van der Waals surface area contributed by atoms with E-state index in [-0.39, 0.29) is 12.0 Å². The second-order valence-corrected chi connectivity index (χ2v) is 5.48. The third-order valence-electron chi connectivity index (χ3n) is 4.02. The number of hydrogen-bond acceptors (Lipinski definition) is 4. The van der Waals surface area contributed by atoms with E-state index in [9.17, 15) is 5.11 Å². The Hall–Kier alpha value is -1.44. The Labute approximate surface area is 114 Å². The fourth-order valence-corrected chi connectivity index (χ4v) is 2.81. The second-order valence-electron chi connectivity index (χ2n) is 5.48. The van der Waals surface area contributed by atoms with Crippen LogP contribution >= 0.6 is 0 Å². The molecule has 0 atom stereocenters. The molecule has 4 nitrogen and oxygen atoms in total. The first kappa shape index (κ1) is 14.0. The van der Waals surface area contributed by atoms with Crippen molar-refractivity contribution in [3.8, 4) is 6.07 Å². The zero-order valence-corrected chi connectivity index (χ0v) is 11.2.